The van der Waals surface area contributed by atoms with Gasteiger partial charge in [-0.15, -0.1) is 0 Å². The quantitative estimate of drug-likeness (QED) is 0.443. The van der Waals surface area contributed by atoms with Crippen LogP contribution in [0.1, 0.15) is 26.2 Å². The monoisotopic (exact) mass is 305 g/mol. The van der Waals surface area contributed by atoms with Gasteiger partial charge in [-0.25, -0.2) is 4.79 Å². The average Bonchev–Trinajstić information content (AvgIpc) is 2.09. The summed E-state index contributed by atoms with van der Waals surface area (Å²) < 4.78 is 58.5. The van der Waals surface area contributed by atoms with Crippen LogP contribution >= 0.6 is 0 Å². The number of hydrogen-bond donors (Lipinski definition) is 4. The highest BCUT2D eigenvalue weighted by Crippen LogP contribution is 2.34. The summed E-state index contributed by atoms with van der Waals surface area (Å²) >= 11 is 0. The van der Waals surface area contributed by atoms with E-state index in [1.165, 1.54) is 0 Å². The minimum absolute atomic E-state index is 0.0443. The molecule has 0 aliphatic carbocycles. The zero-order valence-corrected chi connectivity index (χ0v) is 10.9. The SMILES string of the molecule is CCCCC(O)([C](S(=O)(=O)O)S(=O)(=O)O)C(=O)O. The molecule has 18 heavy (non-hydrogen) atoms. The number of carboxylic acid groups (broad SMARTS) is 1. The van der Waals surface area contributed by atoms with Crippen molar-refractivity contribution >= 4 is 26.2 Å². The number of aliphatic hydroxyl groups is 1. The van der Waals surface area contributed by atoms with E-state index in [0.717, 1.165) is 0 Å². The van der Waals surface area contributed by atoms with E-state index in [4.69, 9.17) is 14.2 Å². The minimum atomic E-state index is -5.61. The van der Waals surface area contributed by atoms with Crippen molar-refractivity contribution in [2.75, 3.05) is 0 Å². The lowest BCUT2D eigenvalue weighted by molar-refractivity contribution is -0.155. The number of hydrogen-bond acceptors (Lipinski definition) is 6. The molecule has 0 saturated carbocycles. The highest BCUT2D eigenvalue weighted by Gasteiger charge is 2.59. The van der Waals surface area contributed by atoms with Crippen LogP contribution in [0.5, 0.6) is 0 Å². The lowest BCUT2D eigenvalue weighted by Crippen LogP contribution is -2.50. The first kappa shape index (κ1) is 17.2. The van der Waals surface area contributed by atoms with Gasteiger partial charge in [-0.1, -0.05) is 19.8 Å². The molecule has 0 fully saturated rings. The Morgan fingerprint density at radius 3 is 1.72 bits per heavy atom. The maximum atomic E-state index is 10.8. The smallest absolute Gasteiger partial charge is 0.338 e. The van der Waals surface area contributed by atoms with E-state index in [1.54, 1.807) is 6.92 Å². The van der Waals surface area contributed by atoms with Crippen LogP contribution in [0, 0.1) is 4.58 Å². The summed E-state index contributed by atoms with van der Waals surface area (Å²) in [4.78, 5) is 10.8. The number of carboxylic acids is 1. The Labute approximate surface area is 104 Å². The zero-order valence-electron chi connectivity index (χ0n) is 9.27. The number of unbranched alkanes of at least 4 members (excludes halogenated alkanes) is 1. The molecule has 0 aromatic carbocycles. The summed E-state index contributed by atoms with van der Waals surface area (Å²) in [5.41, 5.74) is -3.41. The fraction of sp³-hybridized carbons (Fsp3) is 0.714. The van der Waals surface area contributed by atoms with E-state index in [0.29, 0.717) is 6.42 Å². The summed E-state index contributed by atoms with van der Waals surface area (Å²) in [5.74, 6) is -2.21. The van der Waals surface area contributed by atoms with Gasteiger partial charge < -0.3 is 10.2 Å². The molecule has 9 nitrogen and oxygen atoms in total. The third kappa shape index (κ3) is 3.88. The van der Waals surface area contributed by atoms with E-state index in [1.807, 2.05) is 0 Å². The molecule has 0 bridgehead atoms. The molecule has 0 aliphatic rings. The second-order valence-electron chi connectivity index (χ2n) is 3.51. The molecule has 4 N–H and O–H groups in total. The number of carbonyl (C=O) groups is 1. The Balaban J connectivity index is 5.91. The van der Waals surface area contributed by atoms with Crippen LogP contribution in [0.3, 0.4) is 0 Å². The molecule has 0 aromatic heterocycles. The van der Waals surface area contributed by atoms with Crippen LogP contribution in [-0.4, -0.2) is 47.7 Å². The summed E-state index contributed by atoms with van der Waals surface area (Å²) in [6, 6.07) is 0. The Morgan fingerprint density at radius 1 is 1.11 bits per heavy atom. The second-order valence-corrected chi connectivity index (χ2v) is 6.48. The molecule has 107 valence electrons. The lowest BCUT2D eigenvalue weighted by atomic mass is 9.99. The molecule has 0 heterocycles. The first-order chi connectivity index (χ1) is 7.87. The van der Waals surface area contributed by atoms with Gasteiger partial charge in [0.2, 0.25) is 5.60 Å². The molecule has 1 atom stereocenters. The topological polar surface area (TPSA) is 166 Å². The molecular weight excluding hydrogens is 292 g/mol. The zero-order chi connectivity index (χ0) is 14.8. The van der Waals surface area contributed by atoms with Gasteiger partial charge in [0.05, 0.1) is 0 Å². The van der Waals surface area contributed by atoms with E-state index >= 15 is 0 Å². The fourth-order valence-electron chi connectivity index (χ4n) is 1.29. The normalized spacial score (nSPS) is 16.5. The van der Waals surface area contributed by atoms with Crippen LogP contribution in [-0.2, 0) is 25.0 Å². The largest absolute Gasteiger partial charge is 0.479 e. The summed E-state index contributed by atoms with van der Waals surface area (Å²) in [5, 5.41) is 18.4. The van der Waals surface area contributed by atoms with Gasteiger partial charge >= 0.3 is 10.6 Å². The van der Waals surface area contributed by atoms with E-state index in [2.05, 4.69) is 0 Å². The highest BCUT2D eigenvalue weighted by molar-refractivity contribution is 8.08. The van der Waals surface area contributed by atoms with Crippen molar-refractivity contribution in [3.63, 3.8) is 0 Å². The maximum Gasteiger partial charge on any atom is 0.338 e. The maximum absolute atomic E-state index is 10.8. The number of rotatable bonds is 7. The first-order valence-electron chi connectivity index (χ1n) is 4.65. The van der Waals surface area contributed by atoms with Crippen molar-refractivity contribution < 1.29 is 40.9 Å². The Morgan fingerprint density at radius 2 is 1.50 bits per heavy atom. The summed E-state index contributed by atoms with van der Waals surface area (Å²) in [6.07, 6.45) is -0.523. The van der Waals surface area contributed by atoms with Crippen LogP contribution in [0.2, 0.25) is 0 Å². The molecule has 11 heteroatoms. The van der Waals surface area contributed by atoms with Gasteiger partial charge in [0.15, 0.2) is 0 Å². The molecule has 1 radical (unpaired) electrons. The summed E-state index contributed by atoms with van der Waals surface area (Å²) in [6.45, 7) is 1.57. The van der Waals surface area contributed by atoms with Crippen LogP contribution in [0.4, 0.5) is 0 Å². The van der Waals surface area contributed by atoms with Gasteiger partial charge in [-0.2, -0.15) is 16.8 Å². The van der Waals surface area contributed by atoms with Gasteiger partial charge in [0.1, 0.15) is 0 Å². The van der Waals surface area contributed by atoms with E-state index in [9.17, 15) is 26.7 Å². The van der Waals surface area contributed by atoms with E-state index in [-0.39, 0.29) is 6.42 Å². The Bertz CT molecular complexity index is 473. The third-order valence-electron chi connectivity index (χ3n) is 2.05. The van der Waals surface area contributed by atoms with Crippen molar-refractivity contribution in [2.24, 2.45) is 0 Å². The molecule has 0 rings (SSSR count). The van der Waals surface area contributed by atoms with Gasteiger partial charge in [0, 0.05) is 0 Å². The molecule has 0 spiro atoms. The average molecular weight is 305 g/mol. The van der Waals surface area contributed by atoms with Crippen molar-refractivity contribution in [1.29, 1.82) is 0 Å². The Kier molecular flexibility index (Phi) is 5.26. The standard InChI is InChI=1S/C7H13O9S2/c1-2-3-4-7(10,5(8)9)6(17(11,12)13)18(14,15)16/h10H,2-4H2,1H3,(H,8,9)(H,11,12,13)(H,14,15,16). The van der Waals surface area contributed by atoms with Crippen LogP contribution < -0.4 is 0 Å². The van der Waals surface area contributed by atoms with Gasteiger partial charge in [-0.3, -0.25) is 9.11 Å². The second kappa shape index (κ2) is 5.48. The Hall–Kier alpha value is -0.750. The van der Waals surface area contributed by atoms with Gasteiger partial charge in [0.25, 0.3) is 20.2 Å². The highest BCUT2D eigenvalue weighted by atomic mass is 32.3. The van der Waals surface area contributed by atoms with Crippen molar-refractivity contribution in [1.82, 2.24) is 0 Å². The molecule has 0 amide bonds. The van der Waals surface area contributed by atoms with Gasteiger partial charge in [-0.05, 0) is 6.42 Å². The predicted molar refractivity (Wildman–Crippen MR) is 58.5 cm³/mol. The lowest BCUT2D eigenvalue weighted by Gasteiger charge is -2.26. The van der Waals surface area contributed by atoms with Crippen LogP contribution in [0.25, 0.3) is 0 Å². The van der Waals surface area contributed by atoms with Crippen molar-refractivity contribution in [3.05, 3.63) is 4.58 Å². The first-order valence-corrected chi connectivity index (χ1v) is 7.53. The predicted octanol–water partition coefficient (Wildman–Crippen LogP) is -0.743. The fourth-order valence-corrected chi connectivity index (χ4v) is 3.59. The van der Waals surface area contributed by atoms with Crippen molar-refractivity contribution in [2.45, 2.75) is 31.8 Å². The minimum Gasteiger partial charge on any atom is -0.479 e. The molecule has 0 saturated heterocycles. The van der Waals surface area contributed by atoms with Crippen molar-refractivity contribution in [3.8, 4) is 0 Å². The molecule has 1 unspecified atom stereocenters. The number of aliphatic carboxylic acids is 1. The molecule has 0 aliphatic heterocycles. The summed E-state index contributed by atoms with van der Waals surface area (Å²) in [7, 11) is -11.2. The van der Waals surface area contributed by atoms with E-state index < -0.39 is 42.8 Å². The third-order valence-corrected chi connectivity index (χ3v) is 4.93. The molecule has 0 aromatic rings. The van der Waals surface area contributed by atoms with Crippen LogP contribution in [0.15, 0.2) is 0 Å². The molecular formula is C7H13O9S2.